The number of phenols is 1. The van der Waals surface area contributed by atoms with Gasteiger partial charge in [-0.1, -0.05) is 130 Å². The van der Waals surface area contributed by atoms with Crippen LogP contribution < -0.4 is 14.2 Å². The molecule has 6 aromatic carbocycles. The lowest BCUT2D eigenvalue weighted by atomic mass is 9.81. The number of esters is 2. The molecule has 0 heterocycles. The highest BCUT2D eigenvalue weighted by atomic mass is 35.5. The van der Waals surface area contributed by atoms with E-state index in [0.29, 0.717) is 48.0 Å². The lowest BCUT2D eigenvalue weighted by Crippen LogP contribution is -2.13. The van der Waals surface area contributed by atoms with Gasteiger partial charge >= 0.3 is 11.9 Å². The molecule has 0 bridgehead atoms. The van der Waals surface area contributed by atoms with Crippen LogP contribution in [-0.2, 0) is 42.4 Å². The standard InChI is InChI=1S/C32H39FO4.C18H20ClFO.C14H20O3/c1-7-8-9-24(19-31(34)36-6)23-11-13-25(14-12-23)37-21-22-10-16-29(32(2,3)4)27(18-22)28-20-26(35-5)15-17-30(28)33;1-18(2,3)16-7-5-12(11-19)9-14(16)15-10-13(21-4)6-8-17(15)20;1-3-4-5-12(10-14(16)17-2)11-6-8-13(15)9-7-11/h10-18,20,24H,7-9,19,21H2,1-6H3;5-10H,11H2,1-4H3;6-9,12,15H,3-5,10H2,1-2H3/t24-;;12-/m0.0/s1. The first-order chi connectivity index (χ1) is 35.7. The molecule has 0 aliphatic carbocycles. The molecule has 0 unspecified atom stereocenters. The summed E-state index contributed by atoms with van der Waals surface area (Å²) in [5.41, 5.74) is 8.76. The molecule has 0 saturated heterocycles. The number of unbranched alkanes of at least 4 members (excludes halogenated alkanes) is 2. The smallest absolute Gasteiger partial charge is 0.306 e. The molecule has 0 spiro atoms. The zero-order valence-electron chi connectivity index (χ0n) is 46.2. The van der Waals surface area contributed by atoms with Gasteiger partial charge < -0.3 is 28.8 Å². The normalized spacial score (nSPS) is 12.0. The fourth-order valence-corrected chi connectivity index (χ4v) is 8.94. The second kappa shape index (κ2) is 29.6. The fraction of sp³-hybridized carbons (Fsp3) is 0.406. The predicted molar refractivity (Wildman–Crippen MR) is 300 cm³/mol. The largest absolute Gasteiger partial charge is 0.508 e. The van der Waals surface area contributed by atoms with E-state index in [9.17, 15) is 23.5 Å². The van der Waals surface area contributed by atoms with E-state index >= 15 is 0 Å². The second-order valence-corrected chi connectivity index (χ2v) is 21.0. The van der Waals surface area contributed by atoms with Crippen molar-refractivity contribution in [1.82, 2.24) is 0 Å². The van der Waals surface area contributed by atoms with Crippen LogP contribution in [0.4, 0.5) is 8.78 Å². The van der Waals surface area contributed by atoms with Crippen LogP contribution in [-0.4, -0.2) is 45.5 Å². The average molecular weight is 1050 g/mol. The number of hydrogen-bond acceptors (Lipinski definition) is 8. The van der Waals surface area contributed by atoms with Crippen molar-refractivity contribution in [3.8, 4) is 45.3 Å². The van der Waals surface area contributed by atoms with Gasteiger partial charge in [0.15, 0.2) is 0 Å². The monoisotopic (exact) mass is 1050 g/mol. The van der Waals surface area contributed by atoms with Gasteiger partial charge in [0, 0.05) is 17.0 Å². The SMILES string of the molecule is CCCC[C@@H](CC(=O)OC)c1ccc(O)cc1.CCCC[C@@H](CC(=O)OC)c1ccc(OCc2ccc(C(C)(C)C)c(-c3cc(OC)ccc3F)c2)cc1.COc1ccc(F)c(-c2cc(CCl)ccc2C(C)(C)C)c1. The Morgan fingerprint density at radius 3 is 1.32 bits per heavy atom. The Balaban J connectivity index is 0.000000269. The summed E-state index contributed by atoms with van der Waals surface area (Å²) in [6.07, 6.45) is 7.02. The maximum atomic E-state index is 14.9. The van der Waals surface area contributed by atoms with Crippen LogP contribution in [0.25, 0.3) is 22.3 Å². The molecule has 404 valence electrons. The Bertz CT molecular complexity index is 2720. The minimum Gasteiger partial charge on any atom is -0.508 e. The number of hydrogen-bond donors (Lipinski definition) is 1. The lowest BCUT2D eigenvalue weighted by Gasteiger charge is -2.24. The molecule has 8 nitrogen and oxygen atoms in total. The van der Waals surface area contributed by atoms with Crippen molar-refractivity contribution in [1.29, 1.82) is 0 Å². The van der Waals surface area contributed by atoms with Gasteiger partial charge in [0.05, 0.1) is 41.3 Å². The molecule has 6 rings (SSSR count). The summed E-state index contributed by atoms with van der Waals surface area (Å²) in [6, 6.07) is 36.7. The Morgan fingerprint density at radius 1 is 0.533 bits per heavy atom. The zero-order valence-corrected chi connectivity index (χ0v) is 47.0. The Hall–Kier alpha value is -6.39. The molecule has 6 aromatic rings. The van der Waals surface area contributed by atoms with Crippen molar-refractivity contribution in [2.75, 3.05) is 28.4 Å². The highest BCUT2D eigenvalue weighted by Crippen LogP contribution is 2.39. The van der Waals surface area contributed by atoms with E-state index in [1.807, 2.05) is 66.7 Å². The molecule has 0 saturated carbocycles. The molecule has 0 radical (unpaired) electrons. The summed E-state index contributed by atoms with van der Waals surface area (Å²) in [5, 5.41) is 9.25. The van der Waals surface area contributed by atoms with Crippen molar-refractivity contribution < 1.29 is 47.2 Å². The van der Waals surface area contributed by atoms with E-state index in [-0.39, 0.29) is 52.0 Å². The Morgan fingerprint density at radius 2 is 0.933 bits per heavy atom. The molecule has 75 heavy (non-hydrogen) atoms. The highest BCUT2D eigenvalue weighted by Gasteiger charge is 2.24. The van der Waals surface area contributed by atoms with Gasteiger partial charge in [-0.05, 0) is 153 Å². The number of carbonyl (C=O) groups is 2. The summed E-state index contributed by atoms with van der Waals surface area (Å²) in [6.45, 7) is 17.3. The molecule has 0 aliphatic rings. The van der Waals surface area contributed by atoms with Gasteiger partial charge in [0.1, 0.15) is 41.2 Å². The molecule has 1 N–H and O–H groups in total. The molecule has 0 amide bonds. The van der Waals surface area contributed by atoms with Crippen molar-refractivity contribution in [2.24, 2.45) is 0 Å². The quantitative estimate of drug-likeness (QED) is 0.0596. The van der Waals surface area contributed by atoms with Crippen molar-refractivity contribution in [3.63, 3.8) is 0 Å². The molecular formula is C64H79ClF2O8. The zero-order chi connectivity index (χ0) is 55.3. The maximum absolute atomic E-state index is 14.9. The average Bonchev–Trinajstić information content (AvgIpc) is 3.40. The number of methoxy groups -OCH3 is 4. The number of aromatic hydroxyl groups is 1. The highest BCUT2D eigenvalue weighted by molar-refractivity contribution is 6.17. The molecule has 11 heteroatoms. The Kier molecular flexibility index (Phi) is 24.2. The van der Waals surface area contributed by atoms with E-state index in [1.54, 1.807) is 50.6 Å². The van der Waals surface area contributed by atoms with E-state index in [1.165, 1.54) is 26.4 Å². The van der Waals surface area contributed by atoms with Crippen molar-refractivity contribution in [3.05, 3.63) is 166 Å². The second-order valence-electron chi connectivity index (χ2n) is 20.8. The van der Waals surface area contributed by atoms with Crippen LogP contribution in [0.15, 0.2) is 121 Å². The number of alkyl halides is 1. The van der Waals surface area contributed by atoms with Gasteiger partial charge in [-0.15, -0.1) is 11.6 Å². The van der Waals surface area contributed by atoms with Crippen molar-refractivity contribution >= 4 is 23.5 Å². The van der Waals surface area contributed by atoms with Crippen molar-refractivity contribution in [2.45, 2.75) is 142 Å². The molecular weight excluding hydrogens is 970 g/mol. The molecule has 0 fully saturated rings. The topological polar surface area (TPSA) is 101 Å². The number of rotatable bonds is 20. The van der Waals surface area contributed by atoms with Crippen LogP contribution in [0.3, 0.4) is 0 Å². The van der Waals surface area contributed by atoms with Gasteiger partial charge in [0.25, 0.3) is 0 Å². The van der Waals surface area contributed by atoms with E-state index < -0.39 is 0 Å². The summed E-state index contributed by atoms with van der Waals surface area (Å²) in [4.78, 5) is 23.2. The number of ether oxygens (including phenoxy) is 5. The van der Waals surface area contributed by atoms with Gasteiger partial charge in [-0.25, -0.2) is 8.78 Å². The van der Waals surface area contributed by atoms with E-state index in [2.05, 4.69) is 61.5 Å². The van der Waals surface area contributed by atoms with Crippen LogP contribution in [0.1, 0.15) is 152 Å². The Labute approximate surface area is 450 Å². The summed E-state index contributed by atoms with van der Waals surface area (Å²) >= 11 is 5.93. The molecule has 2 atom stereocenters. The number of carbonyl (C=O) groups excluding carboxylic acids is 2. The van der Waals surface area contributed by atoms with Crippen LogP contribution in [0.2, 0.25) is 0 Å². The maximum Gasteiger partial charge on any atom is 0.306 e. The third kappa shape index (κ3) is 18.7. The van der Waals surface area contributed by atoms with Crippen LogP contribution >= 0.6 is 11.6 Å². The first-order valence-electron chi connectivity index (χ1n) is 25.9. The van der Waals surface area contributed by atoms with E-state index in [4.69, 9.17) is 35.3 Å². The number of halogens is 3. The first kappa shape index (κ1) is 61.2. The van der Waals surface area contributed by atoms with Crippen LogP contribution in [0, 0.1) is 11.6 Å². The number of phenolic OH excluding ortho intramolecular Hbond substituents is 1. The van der Waals surface area contributed by atoms with Gasteiger partial charge in [-0.2, -0.15) is 0 Å². The first-order valence-corrected chi connectivity index (χ1v) is 26.4. The number of benzene rings is 6. The minimum absolute atomic E-state index is 0.0876. The minimum atomic E-state index is -0.287. The summed E-state index contributed by atoms with van der Waals surface area (Å²) in [5.74, 6) is 2.05. The molecule has 0 aliphatic heterocycles. The summed E-state index contributed by atoms with van der Waals surface area (Å²) in [7, 11) is 6.00. The third-order valence-electron chi connectivity index (χ3n) is 13.1. The predicted octanol–water partition coefficient (Wildman–Crippen LogP) is 17.0. The summed E-state index contributed by atoms with van der Waals surface area (Å²) < 4.78 is 55.5. The molecule has 0 aromatic heterocycles. The van der Waals surface area contributed by atoms with Gasteiger partial charge in [-0.3, -0.25) is 9.59 Å². The third-order valence-corrected chi connectivity index (χ3v) is 13.4. The fourth-order valence-electron chi connectivity index (χ4n) is 8.78. The van der Waals surface area contributed by atoms with Gasteiger partial charge in [0.2, 0.25) is 0 Å². The van der Waals surface area contributed by atoms with E-state index in [0.717, 1.165) is 88.8 Å². The van der Waals surface area contributed by atoms with Crippen LogP contribution in [0.5, 0.6) is 23.0 Å². The lowest BCUT2D eigenvalue weighted by molar-refractivity contribution is -0.142.